The van der Waals surface area contributed by atoms with E-state index in [1.165, 1.54) is 43.4 Å². The number of nitrogens with two attached hydrogens (primary N) is 1. The van der Waals surface area contributed by atoms with Crippen molar-refractivity contribution in [3.8, 4) is 11.5 Å². The fraction of sp³-hybridized carbons (Fsp3) is 0.350. The largest absolute Gasteiger partial charge is 0.454 e. The molecule has 0 aromatic heterocycles. The second-order valence-electron chi connectivity index (χ2n) is 6.96. The molecule has 0 spiro atoms. The van der Waals surface area contributed by atoms with Gasteiger partial charge >= 0.3 is 0 Å². The molecule has 2 aromatic carbocycles. The van der Waals surface area contributed by atoms with Crippen molar-refractivity contribution in [2.45, 2.75) is 31.6 Å². The zero-order chi connectivity index (χ0) is 16.7. The SMILES string of the molecule is NC(=O)c1ccc(Oc2ccc(C3CC4CCC3C4)cc2)c(F)c1. The molecule has 0 radical (unpaired) electrons. The predicted molar refractivity (Wildman–Crippen MR) is 89.6 cm³/mol. The summed E-state index contributed by atoms with van der Waals surface area (Å²) < 4.78 is 19.6. The highest BCUT2D eigenvalue weighted by Gasteiger charge is 2.39. The molecule has 1 amide bonds. The molecule has 2 aliphatic carbocycles. The van der Waals surface area contributed by atoms with Crippen LogP contribution < -0.4 is 10.5 Å². The molecule has 3 unspecified atom stereocenters. The molecule has 2 aliphatic rings. The van der Waals surface area contributed by atoms with Crippen LogP contribution in [-0.2, 0) is 0 Å². The number of primary amides is 1. The number of benzene rings is 2. The standard InChI is InChI=1S/C20H20FNO2/c21-18-11-15(20(22)23)5-8-19(18)24-16-6-3-13(4-7-16)17-10-12-1-2-14(17)9-12/h3-8,11-12,14,17H,1-2,9-10H2,(H2,22,23). The third-order valence-corrected chi connectivity index (χ3v) is 5.49. The van der Waals surface area contributed by atoms with E-state index in [4.69, 9.17) is 10.5 Å². The number of hydrogen-bond acceptors (Lipinski definition) is 2. The zero-order valence-electron chi connectivity index (χ0n) is 13.4. The van der Waals surface area contributed by atoms with E-state index in [-0.39, 0.29) is 11.3 Å². The lowest BCUT2D eigenvalue weighted by Gasteiger charge is -2.22. The minimum atomic E-state index is -0.657. The summed E-state index contributed by atoms with van der Waals surface area (Å²) in [7, 11) is 0. The molecule has 2 aromatic rings. The number of rotatable bonds is 4. The van der Waals surface area contributed by atoms with Crippen LogP contribution in [0, 0.1) is 17.7 Å². The van der Waals surface area contributed by atoms with Gasteiger partial charge in [-0.25, -0.2) is 4.39 Å². The molecule has 4 heteroatoms. The third-order valence-electron chi connectivity index (χ3n) is 5.49. The number of amides is 1. The first-order chi connectivity index (χ1) is 11.6. The van der Waals surface area contributed by atoms with Crippen LogP contribution >= 0.6 is 0 Å². The van der Waals surface area contributed by atoms with Gasteiger partial charge in [0.05, 0.1) is 0 Å². The van der Waals surface area contributed by atoms with Crippen LogP contribution in [-0.4, -0.2) is 5.91 Å². The fourth-order valence-electron chi connectivity index (χ4n) is 4.30. The highest BCUT2D eigenvalue weighted by atomic mass is 19.1. The van der Waals surface area contributed by atoms with Crippen LogP contribution in [0.25, 0.3) is 0 Å². The Labute approximate surface area is 140 Å². The smallest absolute Gasteiger partial charge is 0.248 e. The molecule has 2 saturated carbocycles. The number of hydrogen-bond donors (Lipinski definition) is 1. The normalized spacial score (nSPS) is 25.0. The van der Waals surface area contributed by atoms with Gasteiger partial charge in [-0.1, -0.05) is 18.6 Å². The van der Waals surface area contributed by atoms with Crippen LogP contribution in [0.2, 0.25) is 0 Å². The molecule has 3 atom stereocenters. The van der Waals surface area contributed by atoms with Gasteiger partial charge in [0.2, 0.25) is 5.91 Å². The van der Waals surface area contributed by atoms with Gasteiger partial charge in [-0.2, -0.15) is 0 Å². The Kier molecular flexibility index (Phi) is 3.75. The molecule has 0 saturated heterocycles. The van der Waals surface area contributed by atoms with E-state index in [0.717, 1.165) is 17.9 Å². The summed E-state index contributed by atoms with van der Waals surface area (Å²) in [4.78, 5) is 11.1. The fourth-order valence-corrected chi connectivity index (χ4v) is 4.30. The topological polar surface area (TPSA) is 52.3 Å². The molecule has 124 valence electrons. The Morgan fingerprint density at radius 1 is 1.08 bits per heavy atom. The van der Waals surface area contributed by atoms with Crippen molar-refractivity contribution in [2.24, 2.45) is 17.6 Å². The molecule has 0 aliphatic heterocycles. The summed E-state index contributed by atoms with van der Waals surface area (Å²) in [6.45, 7) is 0. The molecular formula is C20H20FNO2. The maximum Gasteiger partial charge on any atom is 0.248 e. The summed E-state index contributed by atoms with van der Waals surface area (Å²) in [6, 6.07) is 12.0. The number of ether oxygens (including phenoxy) is 1. The number of carbonyl (C=O) groups excluding carboxylic acids is 1. The minimum absolute atomic E-state index is 0.0904. The quantitative estimate of drug-likeness (QED) is 0.891. The van der Waals surface area contributed by atoms with Gasteiger partial charge in [0.15, 0.2) is 11.6 Å². The lowest BCUT2D eigenvalue weighted by molar-refractivity contribution is 0.1000. The van der Waals surface area contributed by atoms with Crippen molar-refractivity contribution in [2.75, 3.05) is 0 Å². The van der Waals surface area contributed by atoms with E-state index < -0.39 is 11.7 Å². The van der Waals surface area contributed by atoms with Gasteiger partial charge in [-0.05, 0) is 72.9 Å². The lowest BCUT2D eigenvalue weighted by Crippen LogP contribution is -2.11. The van der Waals surface area contributed by atoms with Gasteiger partial charge in [0.1, 0.15) is 5.75 Å². The van der Waals surface area contributed by atoms with Crippen molar-refractivity contribution in [3.05, 3.63) is 59.4 Å². The van der Waals surface area contributed by atoms with Crippen molar-refractivity contribution >= 4 is 5.91 Å². The van der Waals surface area contributed by atoms with E-state index in [1.807, 2.05) is 12.1 Å². The van der Waals surface area contributed by atoms with Crippen LogP contribution in [0.15, 0.2) is 42.5 Å². The Bertz CT molecular complexity index is 772. The summed E-state index contributed by atoms with van der Waals surface area (Å²) in [5.41, 5.74) is 6.63. The molecule has 24 heavy (non-hydrogen) atoms. The van der Waals surface area contributed by atoms with E-state index in [9.17, 15) is 9.18 Å². The first-order valence-electron chi connectivity index (χ1n) is 8.47. The van der Waals surface area contributed by atoms with Crippen LogP contribution in [0.4, 0.5) is 4.39 Å². The molecule has 2 N–H and O–H groups in total. The van der Waals surface area contributed by atoms with Crippen LogP contribution in [0.3, 0.4) is 0 Å². The van der Waals surface area contributed by atoms with E-state index in [2.05, 4.69) is 12.1 Å². The van der Waals surface area contributed by atoms with Gasteiger partial charge in [-0.15, -0.1) is 0 Å². The molecule has 2 fully saturated rings. The second-order valence-corrected chi connectivity index (χ2v) is 6.96. The maximum atomic E-state index is 14.0. The number of carbonyl (C=O) groups is 1. The van der Waals surface area contributed by atoms with Crippen molar-refractivity contribution in [3.63, 3.8) is 0 Å². The second kappa shape index (κ2) is 5.93. The number of halogens is 1. The molecule has 0 heterocycles. The summed E-state index contributed by atoms with van der Waals surface area (Å²) in [5.74, 6) is 1.85. The van der Waals surface area contributed by atoms with Crippen LogP contribution in [0.1, 0.15) is 47.5 Å². The number of fused-ring (bicyclic) bond motifs is 2. The highest BCUT2D eigenvalue weighted by molar-refractivity contribution is 5.92. The summed E-state index contributed by atoms with van der Waals surface area (Å²) in [6.07, 6.45) is 5.42. The van der Waals surface area contributed by atoms with E-state index >= 15 is 0 Å². The molecule has 3 nitrogen and oxygen atoms in total. The van der Waals surface area contributed by atoms with Crippen molar-refractivity contribution in [1.29, 1.82) is 0 Å². The Morgan fingerprint density at radius 2 is 1.88 bits per heavy atom. The Morgan fingerprint density at radius 3 is 2.46 bits per heavy atom. The molecule has 2 bridgehead atoms. The van der Waals surface area contributed by atoms with Crippen molar-refractivity contribution < 1.29 is 13.9 Å². The zero-order valence-corrected chi connectivity index (χ0v) is 13.4. The van der Waals surface area contributed by atoms with Gasteiger partial charge in [-0.3, -0.25) is 4.79 Å². The first kappa shape index (κ1) is 15.2. The van der Waals surface area contributed by atoms with E-state index in [1.54, 1.807) is 0 Å². The Hall–Kier alpha value is -2.36. The van der Waals surface area contributed by atoms with E-state index in [0.29, 0.717) is 11.7 Å². The predicted octanol–water partition coefficient (Wildman–Crippen LogP) is 4.62. The Balaban J connectivity index is 1.48. The van der Waals surface area contributed by atoms with Gasteiger partial charge in [0.25, 0.3) is 0 Å². The minimum Gasteiger partial charge on any atom is -0.454 e. The van der Waals surface area contributed by atoms with Gasteiger partial charge < -0.3 is 10.5 Å². The van der Waals surface area contributed by atoms with Crippen LogP contribution in [0.5, 0.6) is 11.5 Å². The van der Waals surface area contributed by atoms with Crippen molar-refractivity contribution in [1.82, 2.24) is 0 Å². The first-order valence-corrected chi connectivity index (χ1v) is 8.47. The lowest BCUT2D eigenvalue weighted by atomic mass is 9.83. The third kappa shape index (κ3) is 2.77. The molecular weight excluding hydrogens is 305 g/mol. The monoisotopic (exact) mass is 325 g/mol. The summed E-state index contributed by atoms with van der Waals surface area (Å²) >= 11 is 0. The maximum absolute atomic E-state index is 14.0. The highest BCUT2D eigenvalue weighted by Crippen LogP contribution is 2.52. The molecule has 4 rings (SSSR count). The average Bonchev–Trinajstić information content (AvgIpc) is 3.20. The average molecular weight is 325 g/mol. The summed E-state index contributed by atoms with van der Waals surface area (Å²) in [5, 5.41) is 0. The van der Waals surface area contributed by atoms with Gasteiger partial charge in [0, 0.05) is 5.56 Å².